The standard InChI is InChI=1S/C12H13N3O4/c1-6-8(12(18)19)3-4-9(13-6)15-5-10(16)14-11(17)7(15)2/h3-4,7H,5H2,1-2H3,(H,18,19)(H,14,16,17). The monoisotopic (exact) mass is 263 g/mol. The molecule has 0 aliphatic carbocycles. The van der Waals surface area contributed by atoms with Crippen molar-refractivity contribution in [2.75, 3.05) is 11.4 Å². The van der Waals surface area contributed by atoms with Crippen molar-refractivity contribution in [3.8, 4) is 0 Å². The summed E-state index contributed by atoms with van der Waals surface area (Å²) in [6.45, 7) is 3.25. The number of carbonyl (C=O) groups is 3. The molecule has 7 heteroatoms. The van der Waals surface area contributed by atoms with E-state index in [1.54, 1.807) is 18.7 Å². The van der Waals surface area contributed by atoms with E-state index in [1.807, 2.05) is 0 Å². The van der Waals surface area contributed by atoms with Crippen molar-refractivity contribution < 1.29 is 19.5 Å². The molecule has 1 aromatic rings. The predicted molar refractivity (Wildman–Crippen MR) is 65.9 cm³/mol. The minimum Gasteiger partial charge on any atom is -0.478 e. The first-order valence-electron chi connectivity index (χ1n) is 5.71. The van der Waals surface area contributed by atoms with Crippen LogP contribution in [0.1, 0.15) is 23.0 Å². The fourth-order valence-electron chi connectivity index (χ4n) is 1.93. The maximum atomic E-state index is 11.6. The van der Waals surface area contributed by atoms with Gasteiger partial charge in [0.05, 0.1) is 17.8 Å². The number of nitrogens with zero attached hydrogens (tertiary/aromatic N) is 2. The third-order valence-corrected chi connectivity index (χ3v) is 3.02. The van der Waals surface area contributed by atoms with Gasteiger partial charge in [0.1, 0.15) is 11.9 Å². The molecule has 0 bridgehead atoms. The van der Waals surface area contributed by atoms with E-state index in [1.165, 1.54) is 12.1 Å². The summed E-state index contributed by atoms with van der Waals surface area (Å²) >= 11 is 0. The molecule has 2 rings (SSSR count). The summed E-state index contributed by atoms with van der Waals surface area (Å²) in [6.07, 6.45) is 0. The van der Waals surface area contributed by atoms with Crippen LogP contribution >= 0.6 is 0 Å². The van der Waals surface area contributed by atoms with Crippen molar-refractivity contribution in [2.45, 2.75) is 19.9 Å². The van der Waals surface area contributed by atoms with Crippen molar-refractivity contribution in [1.82, 2.24) is 10.3 Å². The molecule has 1 aliphatic rings. The number of hydrogen-bond donors (Lipinski definition) is 2. The lowest BCUT2D eigenvalue weighted by Gasteiger charge is -2.32. The zero-order valence-corrected chi connectivity index (χ0v) is 10.5. The molecule has 1 aliphatic heterocycles. The Morgan fingerprint density at radius 3 is 2.74 bits per heavy atom. The smallest absolute Gasteiger partial charge is 0.337 e. The van der Waals surface area contributed by atoms with Crippen LogP contribution in [0.3, 0.4) is 0 Å². The molecule has 19 heavy (non-hydrogen) atoms. The largest absolute Gasteiger partial charge is 0.478 e. The number of rotatable bonds is 2. The van der Waals surface area contributed by atoms with E-state index in [4.69, 9.17) is 5.11 Å². The van der Waals surface area contributed by atoms with Crippen LogP contribution in [-0.4, -0.2) is 40.5 Å². The van der Waals surface area contributed by atoms with Gasteiger partial charge in [0.2, 0.25) is 11.8 Å². The second-order valence-electron chi connectivity index (χ2n) is 4.32. The van der Waals surface area contributed by atoms with Gasteiger partial charge in [-0.2, -0.15) is 0 Å². The van der Waals surface area contributed by atoms with E-state index in [9.17, 15) is 14.4 Å². The minimum atomic E-state index is -1.06. The first-order chi connectivity index (χ1) is 8.90. The van der Waals surface area contributed by atoms with Crippen molar-refractivity contribution in [1.29, 1.82) is 0 Å². The molecule has 1 atom stereocenters. The van der Waals surface area contributed by atoms with Crippen LogP contribution in [0.25, 0.3) is 0 Å². The van der Waals surface area contributed by atoms with Crippen molar-refractivity contribution in [3.05, 3.63) is 23.4 Å². The number of nitrogens with one attached hydrogen (secondary N) is 1. The average Bonchev–Trinajstić information content (AvgIpc) is 2.33. The molecular weight excluding hydrogens is 250 g/mol. The van der Waals surface area contributed by atoms with Crippen LogP contribution in [0.15, 0.2) is 12.1 Å². The van der Waals surface area contributed by atoms with Crippen LogP contribution < -0.4 is 10.2 Å². The summed E-state index contributed by atoms with van der Waals surface area (Å²) in [5.74, 6) is -1.43. The van der Waals surface area contributed by atoms with Gasteiger partial charge >= 0.3 is 5.97 Å². The van der Waals surface area contributed by atoms with Gasteiger partial charge in [-0.3, -0.25) is 14.9 Å². The highest BCUT2D eigenvalue weighted by molar-refractivity contribution is 6.04. The first kappa shape index (κ1) is 13.0. The number of hydrogen-bond acceptors (Lipinski definition) is 5. The van der Waals surface area contributed by atoms with Crippen LogP contribution in [-0.2, 0) is 9.59 Å². The number of aromatic carboxylic acids is 1. The molecule has 7 nitrogen and oxygen atoms in total. The Labute approximate surface area is 109 Å². The fraction of sp³-hybridized carbons (Fsp3) is 0.333. The molecule has 1 saturated heterocycles. The number of aryl methyl sites for hydroxylation is 1. The Morgan fingerprint density at radius 2 is 2.16 bits per heavy atom. The average molecular weight is 263 g/mol. The second-order valence-corrected chi connectivity index (χ2v) is 4.32. The summed E-state index contributed by atoms with van der Waals surface area (Å²) in [5, 5.41) is 11.2. The number of anilines is 1. The summed E-state index contributed by atoms with van der Waals surface area (Å²) in [5.41, 5.74) is 0.444. The van der Waals surface area contributed by atoms with Gasteiger partial charge in [0, 0.05) is 0 Å². The molecule has 1 unspecified atom stereocenters. The van der Waals surface area contributed by atoms with E-state index in [0.29, 0.717) is 11.5 Å². The van der Waals surface area contributed by atoms with Gasteiger partial charge in [-0.05, 0) is 26.0 Å². The lowest BCUT2D eigenvalue weighted by Crippen LogP contribution is -2.57. The maximum absolute atomic E-state index is 11.6. The number of piperazine rings is 1. The van der Waals surface area contributed by atoms with E-state index >= 15 is 0 Å². The van der Waals surface area contributed by atoms with Gasteiger partial charge in [-0.25, -0.2) is 9.78 Å². The summed E-state index contributed by atoms with van der Waals surface area (Å²) in [7, 11) is 0. The summed E-state index contributed by atoms with van der Waals surface area (Å²) < 4.78 is 0. The van der Waals surface area contributed by atoms with E-state index < -0.39 is 23.8 Å². The molecule has 1 fully saturated rings. The molecule has 2 amide bonds. The molecule has 2 N–H and O–H groups in total. The third kappa shape index (κ3) is 2.40. The summed E-state index contributed by atoms with van der Waals surface area (Å²) in [4.78, 5) is 39.5. The summed E-state index contributed by atoms with van der Waals surface area (Å²) in [6, 6.07) is 2.39. The van der Waals surface area contributed by atoms with Gasteiger partial charge in [0.25, 0.3) is 0 Å². The molecule has 0 aromatic carbocycles. The van der Waals surface area contributed by atoms with Gasteiger partial charge in [-0.15, -0.1) is 0 Å². The Balaban J connectivity index is 2.36. The normalized spacial score (nSPS) is 19.3. The second kappa shape index (κ2) is 4.68. The number of carboxylic acid groups (broad SMARTS) is 1. The Morgan fingerprint density at radius 1 is 1.47 bits per heavy atom. The van der Waals surface area contributed by atoms with Gasteiger partial charge < -0.3 is 10.0 Å². The molecule has 2 heterocycles. The molecule has 0 saturated carbocycles. The lowest BCUT2D eigenvalue weighted by molar-refractivity contribution is -0.132. The highest BCUT2D eigenvalue weighted by Crippen LogP contribution is 2.19. The van der Waals surface area contributed by atoms with Crippen molar-refractivity contribution in [2.24, 2.45) is 0 Å². The van der Waals surface area contributed by atoms with E-state index in [2.05, 4.69) is 10.3 Å². The zero-order valence-electron chi connectivity index (χ0n) is 10.5. The number of carboxylic acids is 1. The van der Waals surface area contributed by atoms with Crippen LogP contribution in [0.5, 0.6) is 0 Å². The third-order valence-electron chi connectivity index (χ3n) is 3.02. The Bertz CT molecular complexity index is 570. The van der Waals surface area contributed by atoms with Crippen LogP contribution in [0.2, 0.25) is 0 Å². The van der Waals surface area contributed by atoms with Crippen LogP contribution in [0.4, 0.5) is 5.82 Å². The lowest BCUT2D eigenvalue weighted by atomic mass is 10.1. The highest BCUT2D eigenvalue weighted by atomic mass is 16.4. The predicted octanol–water partition coefficient (Wildman–Crippen LogP) is -0.0605. The first-order valence-corrected chi connectivity index (χ1v) is 5.71. The van der Waals surface area contributed by atoms with Gasteiger partial charge in [0.15, 0.2) is 0 Å². The number of carbonyl (C=O) groups excluding carboxylic acids is 2. The topological polar surface area (TPSA) is 99.6 Å². The number of pyridine rings is 1. The van der Waals surface area contributed by atoms with Crippen molar-refractivity contribution in [3.63, 3.8) is 0 Å². The Hall–Kier alpha value is -2.44. The van der Waals surface area contributed by atoms with E-state index in [-0.39, 0.29) is 12.1 Å². The minimum absolute atomic E-state index is 0.0196. The fourth-order valence-corrected chi connectivity index (χ4v) is 1.93. The SMILES string of the molecule is Cc1nc(N2CC(=O)NC(=O)C2C)ccc1C(=O)O. The molecule has 0 radical (unpaired) electrons. The number of imide groups is 1. The number of amides is 2. The highest BCUT2D eigenvalue weighted by Gasteiger charge is 2.31. The molecule has 100 valence electrons. The Kier molecular flexibility index (Phi) is 3.20. The van der Waals surface area contributed by atoms with Crippen molar-refractivity contribution >= 4 is 23.6 Å². The van der Waals surface area contributed by atoms with Crippen LogP contribution in [0, 0.1) is 6.92 Å². The molecular formula is C12H13N3O4. The molecule has 1 aromatic heterocycles. The number of aromatic nitrogens is 1. The van der Waals surface area contributed by atoms with Gasteiger partial charge in [-0.1, -0.05) is 0 Å². The maximum Gasteiger partial charge on any atom is 0.337 e. The zero-order chi connectivity index (χ0) is 14.2. The van der Waals surface area contributed by atoms with E-state index in [0.717, 1.165) is 0 Å². The quantitative estimate of drug-likeness (QED) is 0.725. The molecule has 0 spiro atoms.